The van der Waals surface area contributed by atoms with Crippen molar-refractivity contribution < 1.29 is 18.7 Å². The number of nitrogens with one attached hydrogen (secondary N) is 1. The van der Waals surface area contributed by atoms with Gasteiger partial charge in [0, 0.05) is 33.0 Å². The number of rotatable bonds is 3. The fraction of sp³-hybridized carbons (Fsp3) is 0.120. The predicted octanol–water partition coefficient (Wildman–Crippen LogP) is 5.34. The van der Waals surface area contributed by atoms with Gasteiger partial charge < -0.3 is 14.5 Å². The molecule has 1 aliphatic carbocycles. The number of Topliss-reactive ketones (excluding diaryl/α,β-unsaturated/α-hetero) is 1. The minimum absolute atomic E-state index is 0.127. The molecule has 1 N–H and O–H groups in total. The van der Waals surface area contributed by atoms with Crippen LogP contribution in [0.4, 0.5) is 0 Å². The summed E-state index contributed by atoms with van der Waals surface area (Å²) in [7, 11) is 1.33. The van der Waals surface area contributed by atoms with Crippen LogP contribution in [-0.4, -0.2) is 18.9 Å². The number of dihydropyridines is 1. The highest BCUT2D eigenvalue weighted by molar-refractivity contribution is 6.30. The van der Waals surface area contributed by atoms with Gasteiger partial charge in [-0.2, -0.15) is 0 Å². The number of methoxy groups -OCH3 is 1. The van der Waals surface area contributed by atoms with Gasteiger partial charge in [-0.25, -0.2) is 4.79 Å². The van der Waals surface area contributed by atoms with Crippen molar-refractivity contribution in [1.82, 2.24) is 5.32 Å². The molecule has 1 aromatic heterocycles. The first-order chi connectivity index (χ1) is 15.0. The van der Waals surface area contributed by atoms with E-state index in [1.54, 1.807) is 31.2 Å². The number of ketones is 1. The zero-order valence-electron chi connectivity index (χ0n) is 16.9. The van der Waals surface area contributed by atoms with Crippen molar-refractivity contribution in [2.45, 2.75) is 12.8 Å². The molecule has 0 amide bonds. The molecule has 5 nitrogen and oxygen atoms in total. The molecule has 154 valence electrons. The topological polar surface area (TPSA) is 68.5 Å². The van der Waals surface area contributed by atoms with Crippen molar-refractivity contribution in [2.24, 2.45) is 0 Å². The minimum Gasteiger partial charge on any atom is -0.466 e. The molecule has 2 heterocycles. The van der Waals surface area contributed by atoms with Crippen LogP contribution in [0, 0.1) is 0 Å². The molecule has 0 spiro atoms. The van der Waals surface area contributed by atoms with Crippen molar-refractivity contribution in [2.75, 3.05) is 7.11 Å². The predicted molar refractivity (Wildman–Crippen MR) is 117 cm³/mol. The van der Waals surface area contributed by atoms with Gasteiger partial charge in [-0.05, 0) is 31.2 Å². The van der Waals surface area contributed by atoms with Gasteiger partial charge in [-0.3, -0.25) is 4.79 Å². The van der Waals surface area contributed by atoms with Crippen LogP contribution in [0.15, 0.2) is 81.9 Å². The quantitative estimate of drug-likeness (QED) is 0.567. The molecule has 0 bridgehead atoms. The highest BCUT2D eigenvalue weighted by Gasteiger charge is 2.44. The van der Waals surface area contributed by atoms with Gasteiger partial charge in [0.25, 0.3) is 0 Å². The van der Waals surface area contributed by atoms with Gasteiger partial charge in [-0.1, -0.05) is 48.0 Å². The maximum absolute atomic E-state index is 13.4. The minimum atomic E-state index is -0.684. The number of hydrogen-bond acceptors (Lipinski definition) is 5. The highest BCUT2D eigenvalue weighted by Crippen LogP contribution is 2.47. The first-order valence-electron chi connectivity index (χ1n) is 9.79. The number of carbonyl (C=O) groups is 2. The van der Waals surface area contributed by atoms with Crippen LogP contribution in [0.1, 0.15) is 34.5 Å². The molecule has 5 rings (SSSR count). The average molecular weight is 432 g/mol. The van der Waals surface area contributed by atoms with Crippen molar-refractivity contribution in [1.29, 1.82) is 0 Å². The molecule has 0 radical (unpaired) electrons. The van der Waals surface area contributed by atoms with E-state index < -0.39 is 11.9 Å². The average Bonchev–Trinajstić information content (AvgIpc) is 3.37. The third-order valence-corrected chi connectivity index (χ3v) is 5.91. The van der Waals surface area contributed by atoms with Crippen LogP contribution in [0.2, 0.25) is 5.02 Å². The van der Waals surface area contributed by atoms with Gasteiger partial charge in [0.2, 0.25) is 0 Å². The van der Waals surface area contributed by atoms with Crippen LogP contribution in [0.3, 0.4) is 0 Å². The standard InChI is InChI=1S/C25H18ClNO4/c1-13-20(25(29)30-2)21(19-11-10-18(31-19)14-6-5-7-15(26)12-14)22-23(27-13)16-8-3-4-9-17(16)24(22)28/h3-12,21,27H,1-2H3/t21-/m0/s1. The Hall–Kier alpha value is -3.57. The normalized spacial score (nSPS) is 17.4. The van der Waals surface area contributed by atoms with Crippen LogP contribution in [0.25, 0.3) is 17.0 Å². The number of halogens is 1. The van der Waals surface area contributed by atoms with E-state index in [-0.39, 0.29) is 5.78 Å². The molecule has 2 aromatic carbocycles. The number of esters is 1. The maximum atomic E-state index is 13.4. The molecular weight excluding hydrogens is 414 g/mol. The summed E-state index contributed by atoms with van der Waals surface area (Å²) in [6.45, 7) is 1.80. The molecule has 2 aliphatic rings. The Labute approximate surface area is 184 Å². The van der Waals surface area contributed by atoms with Crippen molar-refractivity contribution in [3.63, 3.8) is 0 Å². The molecule has 0 saturated heterocycles. The monoisotopic (exact) mass is 431 g/mol. The molecule has 3 aromatic rings. The van der Waals surface area contributed by atoms with Crippen molar-refractivity contribution >= 4 is 29.1 Å². The Balaban J connectivity index is 1.68. The third kappa shape index (κ3) is 3.01. The second-order valence-electron chi connectivity index (χ2n) is 7.46. The summed E-state index contributed by atoms with van der Waals surface area (Å²) in [6.07, 6.45) is 0. The maximum Gasteiger partial charge on any atom is 0.336 e. The molecule has 0 fully saturated rings. The molecule has 0 unspecified atom stereocenters. The fourth-order valence-electron chi connectivity index (χ4n) is 4.30. The largest absolute Gasteiger partial charge is 0.466 e. The van der Waals surface area contributed by atoms with E-state index in [1.165, 1.54) is 7.11 Å². The van der Waals surface area contributed by atoms with Gasteiger partial charge in [0.05, 0.1) is 24.3 Å². The van der Waals surface area contributed by atoms with E-state index in [4.69, 9.17) is 20.8 Å². The van der Waals surface area contributed by atoms with E-state index >= 15 is 0 Å². The lowest BCUT2D eigenvalue weighted by Gasteiger charge is -2.27. The summed E-state index contributed by atoms with van der Waals surface area (Å²) in [5, 5.41) is 3.85. The zero-order chi connectivity index (χ0) is 21.7. The Morgan fingerprint density at radius 1 is 1.06 bits per heavy atom. The van der Waals surface area contributed by atoms with E-state index in [2.05, 4.69) is 5.32 Å². The van der Waals surface area contributed by atoms with Gasteiger partial charge in [0.1, 0.15) is 11.5 Å². The van der Waals surface area contributed by atoms with Crippen molar-refractivity contribution in [3.05, 3.63) is 99.4 Å². The van der Waals surface area contributed by atoms with Gasteiger partial charge >= 0.3 is 5.97 Å². The molecule has 31 heavy (non-hydrogen) atoms. The number of carbonyl (C=O) groups excluding carboxylic acids is 2. The highest BCUT2D eigenvalue weighted by atomic mass is 35.5. The Kier molecular flexibility index (Phi) is 4.56. The summed E-state index contributed by atoms with van der Waals surface area (Å²) in [5.41, 5.74) is 4.40. The molecule has 1 atom stereocenters. The lowest BCUT2D eigenvalue weighted by Crippen LogP contribution is -2.28. The first kappa shape index (κ1) is 19.4. The summed E-state index contributed by atoms with van der Waals surface area (Å²) < 4.78 is 11.2. The number of fused-ring (bicyclic) bond motifs is 2. The van der Waals surface area contributed by atoms with Crippen LogP contribution < -0.4 is 5.32 Å². The zero-order valence-corrected chi connectivity index (χ0v) is 17.6. The summed E-state index contributed by atoms with van der Waals surface area (Å²) in [6, 6.07) is 18.3. The smallest absolute Gasteiger partial charge is 0.336 e. The Bertz CT molecular complexity index is 1310. The SMILES string of the molecule is COC(=O)C1=C(C)NC2=C(C(=O)c3ccccc32)[C@H]1c1ccc(-c2cccc(Cl)c2)o1. The van der Waals surface area contributed by atoms with E-state index in [1.807, 2.05) is 36.4 Å². The third-order valence-electron chi connectivity index (χ3n) is 5.67. The van der Waals surface area contributed by atoms with Crippen LogP contribution in [-0.2, 0) is 9.53 Å². The fourth-order valence-corrected chi connectivity index (χ4v) is 4.49. The summed E-state index contributed by atoms with van der Waals surface area (Å²) in [5.74, 6) is -0.229. The summed E-state index contributed by atoms with van der Waals surface area (Å²) >= 11 is 6.13. The molecule has 1 aliphatic heterocycles. The van der Waals surface area contributed by atoms with E-state index in [9.17, 15) is 9.59 Å². The van der Waals surface area contributed by atoms with Gasteiger partial charge in [0.15, 0.2) is 5.78 Å². The lowest BCUT2D eigenvalue weighted by molar-refractivity contribution is -0.136. The number of ether oxygens (including phenoxy) is 1. The molecular formula is C25H18ClNO4. The first-order valence-corrected chi connectivity index (χ1v) is 10.2. The van der Waals surface area contributed by atoms with Gasteiger partial charge in [-0.15, -0.1) is 0 Å². The second-order valence-corrected chi connectivity index (χ2v) is 7.90. The number of hydrogen-bond donors (Lipinski definition) is 1. The Morgan fingerprint density at radius 3 is 2.58 bits per heavy atom. The number of benzene rings is 2. The Morgan fingerprint density at radius 2 is 1.84 bits per heavy atom. The molecule has 6 heteroatoms. The summed E-state index contributed by atoms with van der Waals surface area (Å²) in [4.78, 5) is 26.1. The van der Waals surface area contributed by atoms with Crippen molar-refractivity contribution in [3.8, 4) is 11.3 Å². The van der Waals surface area contributed by atoms with E-state index in [0.717, 1.165) is 11.1 Å². The molecule has 0 saturated carbocycles. The number of furan rings is 1. The van der Waals surface area contributed by atoms with Crippen LogP contribution in [0.5, 0.6) is 0 Å². The number of allylic oxidation sites excluding steroid dienone is 2. The van der Waals surface area contributed by atoms with E-state index in [0.29, 0.717) is 44.6 Å². The van der Waals surface area contributed by atoms with Crippen LogP contribution >= 0.6 is 11.6 Å². The lowest BCUT2D eigenvalue weighted by atomic mass is 9.83. The second kappa shape index (κ2) is 7.29.